The number of amides is 1. The van der Waals surface area contributed by atoms with Crippen molar-refractivity contribution in [2.75, 3.05) is 18.0 Å². The number of halogens is 1. The van der Waals surface area contributed by atoms with Crippen molar-refractivity contribution in [1.82, 2.24) is 40.5 Å². The van der Waals surface area contributed by atoms with E-state index in [2.05, 4.69) is 42.9 Å². The van der Waals surface area contributed by atoms with Crippen LogP contribution in [0.4, 0.5) is 10.2 Å². The summed E-state index contributed by atoms with van der Waals surface area (Å²) in [5, 5.41) is 20.3. The molecule has 1 saturated heterocycles. The zero-order valence-corrected chi connectivity index (χ0v) is 22.3. The molecule has 1 aliphatic rings. The van der Waals surface area contributed by atoms with Gasteiger partial charge in [-0.25, -0.2) is 14.4 Å². The van der Waals surface area contributed by atoms with Crippen LogP contribution >= 0.6 is 0 Å². The van der Waals surface area contributed by atoms with Gasteiger partial charge in [0.05, 0.1) is 23.5 Å². The van der Waals surface area contributed by atoms with Crippen molar-refractivity contribution >= 4 is 33.7 Å². The van der Waals surface area contributed by atoms with E-state index in [9.17, 15) is 4.79 Å². The van der Waals surface area contributed by atoms with E-state index in [1.807, 2.05) is 19.2 Å². The number of nitrogens with one attached hydrogen (secondary N) is 2. The Bertz CT molecular complexity index is 1890. The molecule has 7 rings (SSSR count). The van der Waals surface area contributed by atoms with Gasteiger partial charge in [-0.1, -0.05) is 11.3 Å². The molecule has 1 amide bonds. The Morgan fingerprint density at radius 1 is 1.10 bits per heavy atom. The number of H-pyrrole nitrogens is 1. The van der Waals surface area contributed by atoms with Gasteiger partial charge in [-0.3, -0.25) is 14.8 Å². The molecule has 6 aromatic rings. The smallest absolute Gasteiger partial charge is 0.262 e. The Balaban J connectivity index is 1.32. The number of aromatic amines is 1. The molecule has 2 aromatic carbocycles. The van der Waals surface area contributed by atoms with Crippen molar-refractivity contribution in [2.24, 2.45) is 0 Å². The normalized spacial score (nSPS) is 15.4. The van der Waals surface area contributed by atoms with E-state index in [0.717, 1.165) is 46.8 Å². The van der Waals surface area contributed by atoms with Gasteiger partial charge in [0.1, 0.15) is 17.2 Å². The van der Waals surface area contributed by atoms with Crippen molar-refractivity contribution in [2.45, 2.75) is 25.8 Å². The number of fused-ring (bicyclic) bond motifs is 2. The van der Waals surface area contributed by atoms with Crippen LogP contribution in [-0.4, -0.2) is 60.2 Å². The second-order valence-corrected chi connectivity index (χ2v) is 10.2. The number of piperidine rings is 1. The predicted octanol–water partition coefficient (Wildman–Crippen LogP) is 4.60. The third-order valence-corrected chi connectivity index (χ3v) is 7.59. The Labute approximate surface area is 234 Å². The molecule has 41 heavy (non-hydrogen) atoms. The van der Waals surface area contributed by atoms with Gasteiger partial charge in [0.25, 0.3) is 5.91 Å². The summed E-state index contributed by atoms with van der Waals surface area (Å²) in [6.45, 7) is 3.47. The highest BCUT2D eigenvalue weighted by Gasteiger charge is 2.32. The van der Waals surface area contributed by atoms with E-state index in [4.69, 9.17) is 4.98 Å². The second-order valence-electron chi connectivity index (χ2n) is 10.2. The molecule has 5 heterocycles. The molecule has 4 aromatic heterocycles. The molecule has 2 N–H and O–H groups in total. The fraction of sp³-hybridized carbons (Fsp3) is 0.200. The van der Waals surface area contributed by atoms with Crippen LogP contribution in [0.5, 0.6) is 0 Å². The van der Waals surface area contributed by atoms with Gasteiger partial charge in [-0.05, 0) is 79.2 Å². The maximum absolute atomic E-state index is 15.8. The van der Waals surface area contributed by atoms with Crippen LogP contribution in [0.25, 0.3) is 38.8 Å². The minimum absolute atomic E-state index is 0.0387. The number of pyridine rings is 2. The first-order valence-corrected chi connectivity index (χ1v) is 13.5. The molecule has 1 aliphatic heterocycles. The predicted molar refractivity (Wildman–Crippen MR) is 153 cm³/mol. The molecule has 0 unspecified atom stereocenters. The first-order valence-electron chi connectivity index (χ1n) is 13.5. The molecular weight excluding hydrogens is 521 g/mol. The standard InChI is InChI=1S/C30H26FN9O/c1-18-12-20(21-15-35-36-16-21)13-19-8-11-34-29(27(18)19)39(23-4-2-9-32-17-23)30(41)24-7-6-22(14-25(24)31)40-28-26(37-38-40)5-3-10-33-28/h3,5-8,10-16,23,32H,2,4,9,17H2,1H3,(H,35,36)/t23-/m1/s1. The summed E-state index contributed by atoms with van der Waals surface area (Å²) < 4.78 is 17.2. The average Bonchev–Trinajstić information content (AvgIpc) is 3.69. The number of anilines is 1. The number of carbonyl (C=O) groups excluding carboxylic acids is 1. The van der Waals surface area contributed by atoms with Crippen molar-refractivity contribution in [3.05, 3.63) is 90.3 Å². The largest absolute Gasteiger partial charge is 0.315 e. The summed E-state index contributed by atoms with van der Waals surface area (Å²) in [6.07, 6.45) is 8.63. The molecule has 11 heteroatoms. The van der Waals surface area contributed by atoms with E-state index in [-0.39, 0.29) is 11.6 Å². The van der Waals surface area contributed by atoms with E-state index in [1.165, 1.54) is 16.8 Å². The number of carbonyl (C=O) groups is 1. The Morgan fingerprint density at radius 3 is 2.83 bits per heavy atom. The van der Waals surface area contributed by atoms with Crippen LogP contribution in [0, 0.1) is 12.7 Å². The molecule has 204 valence electrons. The first kappa shape index (κ1) is 25.0. The van der Waals surface area contributed by atoms with Crippen LogP contribution < -0.4 is 10.2 Å². The molecule has 0 saturated carbocycles. The molecule has 10 nitrogen and oxygen atoms in total. The van der Waals surface area contributed by atoms with Crippen molar-refractivity contribution in [3.63, 3.8) is 0 Å². The van der Waals surface area contributed by atoms with Gasteiger partial charge in [0.2, 0.25) is 0 Å². The van der Waals surface area contributed by atoms with Gasteiger partial charge >= 0.3 is 0 Å². The quantitative estimate of drug-likeness (QED) is 0.324. The lowest BCUT2D eigenvalue weighted by Crippen LogP contribution is -2.49. The second kappa shape index (κ2) is 10.2. The topological polar surface area (TPSA) is 118 Å². The maximum Gasteiger partial charge on any atom is 0.262 e. The number of aromatic nitrogens is 7. The van der Waals surface area contributed by atoms with Gasteiger partial charge in [-0.2, -0.15) is 9.78 Å². The minimum Gasteiger partial charge on any atom is -0.315 e. The number of aryl methyl sites for hydroxylation is 1. The van der Waals surface area contributed by atoms with Gasteiger partial charge < -0.3 is 5.32 Å². The molecule has 1 fully saturated rings. The van der Waals surface area contributed by atoms with E-state index in [0.29, 0.717) is 29.2 Å². The molecule has 0 radical (unpaired) electrons. The lowest BCUT2D eigenvalue weighted by atomic mass is 9.98. The number of benzene rings is 2. The highest BCUT2D eigenvalue weighted by molar-refractivity contribution is 6.11. The van der Waals surface area contributed by atoms with E-state index >= 15 is 4.39 Å². The highest BCUT2D eigenvalue weighted by Crippen LogP contribution is 2.35. The summed E-state index contributed by atoms with van der Waals surface area (Å²) in [7, 11) is 0. The lowest BCUT2D eigenvalue weighted by Gasteiger charge is -2.35. The summed E-state index contributed by atoms with van der Waals surface area (Å²) in [5.41, 5.74) is 4.43. The Morgan fingerprint density at radius 2 is 2.02 bits per heavy atom. The first-order chi connectivity index (χ1) is 20.1. The average molecular weight is 548 g/mol. The fourth-order valence-corrected chi connectivity index (χ4v) is 5.63. The van der Waals surface area contributed by atoms with Crippen molar-refractivity contribution in [3.8, 4) is 16.8 Å². The molecule has 0 aliphatic carbocycles. The van der Waals surface area contributed by atoms with Gasteiger partial charge in [0, 0.05) is 42.2 Å². The summed E-state index contributed by atoms with van der Waals surface area (Å²) in [6, 6.07) is 13.9. The van der Waals surface area contributed by atoms with Crippen LogP contribution in [0.3, 0.4) is 0 Å². The monoisotopic (exact) mass is 547 g/mol. The van der Waals surface area contributed by atoms with Gasteiger partial charge in [0.15, 0.2) is 5.65 Å². The van der Waals surface area contributed by atoms with E-state index < -0.39 is 11.7 Å². The molecule has 0 bridgehead atoms. The minimum atomic E-state index is -0.653. The Hall–Kier alpha value is -5.03. The van der Waals surface area contributed by atoms with Gasteiger partial charge in [-0.15, -0.1) is 5.10 Å². The molecular formula is C30H26FN9O. The van der Waals surface area contributed by atoms with Crippen LogP contribution in [0.1, 0.15) is 28.8 Å². The van der Waals surface area contributed by atoms with Crippen LogP contribution in [0.2, 0.25) is 0 Å². The Kier molecular flexibility index (Phi) is 6.20. The molecule has 0 spiro atoms. The number of nitrogens with zero attached hydrogens (tertiary/aromatic N) is 7. The van der Waals surface area contributed by atoms with Crippen molar-refractivity contribution in [1.29, 1.82) is 0 Å². The summed E-state index contributed by atoms with van der Waals surface area (Å²) in [5.74, 6) is -0.574. The zero-order valence-electron chi connectivity index (χ0n) is 22.3. The number of hydrogen-bond acceptors (Lipinski definition) is 7. The van der Waals surface area contributed by atoms with E-state index in [1.54, 1.807) is 41.7 Å². The maximum atomic E-state index is 15.8. The highest BCUT2D eigenvalue weighted by atomic mass is 19.1. The van der Waals surface area contributed by atoms with Crippen LogP contribution in [0.15, 0.2) is 73.3 Å². The third-order valence-electron chi connectivity index (χ3n) is 7.59. The zero-order chi connectivity index (χ0) is 27.9. The van der Waals surface area contributed by atoms with Crippen molar-refractivity contribution < 1.29 is 9.18 Å². The number of rotatable bonds is 5. The summed E-state index contributed by atoms with van der Waals surface area (Å²) in [4.78, 5) is 24.9. The third kappa shape index (κ3) is 4.40. The SMILES string of the molecule is Cc1cc(-c2cn[nH]c2)cc2ccnc(N(C(=O)c3ccc(-n4nnc5cccnc54)cc3F)[C@@H]3CCCNC3)c12. The molecule has 1 atom stereocenters. The fourth-order valence-electron chi connectivity index (χ4n) is 5.63. The summed E-state index contributed by atoms with van der Waals surface area (Å²) >= 11 is 0. The van der Waals surface area contributed by atoms with Crippen LogP contribution in [-0.2, 0) is 0 Å². The number of hydrogen-bond donors (Lipinski definition) is 2. The lowest BCUT2D eigenvalue weighted by molar-refractivity contribution is 0.0968.